The van der Waals surface area contributed by atoms with Crippen molar-refractivity contribution in [3.05, 3.63) is 24.0 Å². The first-order chi connectivity index (χ1) is 10.2. The smallest absolute Gasteiger partial charge is 0.158 e. The minimum Gasteiger partial charge on any atom is -0.495 e. The molecule has 0 radical (unpaired) electrons. The summed E-state index contributed by atoms with van der Waals surface area (Å²) in [4.78, 5) is 4.76. The van der Waals surface area contributed by atoms with Gasteiger partial charge in [-0.2, -0.15) is 5.10 Å². The maximum atomic E-state index is 5.99. The van der Waals surface area contributed by atoms with E-state index in [0.717, 1.165) is 17.2 Å². The number of ether oxygens (including phenoxy) is 1. The second kappa shape index (κ2) is 5.76. The Hall–Kier alpha value is -2.04. The van der Waals surface area contributed by atoms with Gasteiger partial charge in [0, 0.05) is 18.5 Å². The molecule has 21 heavy (non-hydrogen) atoms. The highest BCUT2D eigenvalue weighted by Crippen LogP contribution is 2.33. The van der Waals surface area contributed by atoms with E-state index in [1.54, 1.807) is 7.11 Å². The van der Waals surface area contributed by atoms with Gasteiger partial charge in [0.2, 0.25) is 0 Å². The number of benzene rings is 1. The first-order valence-electron chi connectivity index (χ1n) is 7.54. The molecule has 0 saturated heterocycles. The SMILES string of the molecule is COc1ccc(-c2nc(C3CCCCC3)nn2C)cc1N. The van der Waals surface area contributed by atoms with Crippen LogP contribution in [0.3, 0.4) is 0 Å². The molecular weight excluding hydrogens is 264 g/mol. The summed E-state index contributed by atoms with van der Waals surface area (Å²) in [6, 6.07) is 5.75. The monoisotopic (exact) mass is 286 g/mol. The summed E-state index contributed by atoms with van der Waals surface area (Å²) in [5, 5.41) is 4.62. The molecule has 2 N–H and O–H groups in total. The number of nitrogens with two attached hydrogens (primary N) is 1. The molecule has 2 aromatic rings. The van der Waals surface area contributed by atoms with Crippen LogP contribution < -0.4 is 10.5 Å². The molecule has 1 aromatic carbocycles. The van der Waals surface area contributed by atoms with E-state index in [0.29, 0.717) is 17.4 Å². The van der Waals surface area contributed by atoms with Crippen LogP contribution in [0, 0.1) is 0 Å². The number of nitrogen functional groups attached to an aromatic ring is 1. The number of aryl methyl sites for hydroxylation is 1. The first-order valence-corrected chi connectivity index (χ1v) is 7.54. The largest absolute Gasteiger partial charge is 0.495 e. The summed E-state index contributed by atoms with van der Waals surface area (Å²) in [6.07, 6.45) is 6.31. The van der Waals surface area contributed by atoms with Crippen LogP contribution in [-0.2, 0) is 7.05 Å². The third-order valence-corrected chi connectivity index (χ3v) is 4.24. The molecule has 1 aromatic heterocycles. The van der Waals surface area contributed by atoms with Crippen LogP contribution in [0.15, 0.2) is 18.2 Å². The Morgan fingerprint density at radius 1 is 1.24 bits per heavy atom. The summed E-state index contributed by atoms with van der Waals surface area (Å²) in [5.41, 5.74) is 7.59. The van der Waals surface area contributed by atoms with Crippen molar-refractivity contribution in [3.8, 4) is 17.1 Å². The first kappa shape index (κ1) is 13.9. The van der Waals surface area contributed by atoms with Crippen LogP contribution in [0.4, 0.5) is 5.69 Å². The molecule has 0 unspecified atom stereocenters. The van der Waals surface area contributed by atoms with Gasteiger partial charge in [0.05, 0.1) is 12.8 Å². The Morgan fingerprint density at radius 2 is 2.00 bits per heavy atom. The molecule has 0 bridgehead atoms. The van der Waals surface area contributed by atoms with Gasteiger partial charge in [0.15, 0.2) is 11.6 Å². The number of hydrogen-bond donors (Lipinski definition) is 1. The van der Waals surface area contributed by atoms with E-state index in [2.05, 4.69) is 5.10 Å². The van der Waals surface area contributed by atoms with Crippen LogP contribution in [0.1, 0.15) is 43.8 Å². The molecule has 5 heteroatoms. The molecule has 1 heterocycles. The van der Waals surface area contributed by atoms with Crippen molar-refractivity contribution in [2.24, 2.45) is 7.05 Å². The minimum atomic E-state index is 0.509. The molecule has 0 aliphatic heterocycles. The van der Waals surface area contributed by atoms with Crippen molar-refractivity contribution in [1.29, 1.82) is 0 Å². The predicted molar refractivity (Wildman–Crippen MR) is 83.2 cm³/mol. The standard InChI is InChI=1S/C16H22N4O/c1-20-16(12-8-9-14(21-2)13(17)10-12)18-15(19-20)11-6-4-3-5-7-11/h8-11H,3-7,17H2,1-2H3. The van der Waals surface area contributed by atoms with E-state index < -0.39 is 0 Å². The number of methoxy groups -OCH3 is 1. The maximum absolute atomic E-state index is 5.99. The topological polar surface area (TPSA) is 66.0 Å². The van der Waals surface area contributed by atoms with Crippen LogP contribution in [0.25, 0.3) is 11.4 Å². The predicted octanol–water partition coefficient (Wildman–Crippen LogP) is 3.12. The van der Waals surface area contributed by atoms with Crippen molar-refractivity contribution in [3.63, 3.8) is 0 Å². The van der Waals surface area contributed by atoms with Gasteiger partial charge in [-0.1, -0.05) is 19.3 Å². The van der Waals surface area contributed by atoms with Crippen molar-refractivity contribution < 1.29 is 4.74 Å². The summed E-state index contributed by atoms with van der Waals surface area (Å²) < 4.78 is 7.05. The highest BCUT2D eigenvalue weighted by Gasteiger charge is 2.21. The third kappa shape index (κ3) is 2.73. The molecule has 0 spiro atoms. The van der Waals surface area contributed by atoms with Crippen LogP contribution in [0.2, 0.25) is 0 Å². The highest BCUT2D eigenvalue weighted by molar-refractivity contribution is 5.66. The lowest BCUT2D eigenvalue weighted by atomic mass is 9.89. The Kier molecular flexibility index (Phi) is 3.82. The summed E-state index contributed by atoms with van der Waals surface area (Å²) in [7, 11) is 3.56. The summed E-state index contributed by atoms with van der Waals surface area (Å²) in [5.74, 6) is 3.04. The number of hydrogen-bond acceptors (Lipinski definition) is 4. The van der Waals surface area contributed by atoms with E-state index in [1.165, 1.54) is 32.1 Å². The van der Waals surface area contributed by atoms with Gasteiger partial charge in [-0.15, -0.1) is 0 Å². The van der Waals surface area contributed by atoms with Crippen LogP contribution >= 0.6 is 0 Å². The molecule has 3 rings (SSSR count). The average molecular weight is 286 g/mol. The quantitative estimate of drug-likeness (QED) is 0.880. The zero-order valence-corrected chi connectivity index (χ0v) is 12.7. The van der Waals surface area contributed by atoms with Crippen molar-refractivity contribution in [1.82, 2.24) is 14.8 Å². The third-order valence-electron chi connectivity index (χ3n) is 4.24. The Balaban J connectivity index is 1.91. The van der Waals surface area contributed by atoms with Gasteiger partial charge in [0.25, 0.3) is 0 Å². The van der Waals surface area contributed by atoms with Gasteiger partial charge >= 0.3 is 0 Å². The number of rotatable bonds is 3. The van der Waals surface area contributed by atoms with E-state index in [4.69, 9.17) is 15.5 Å². The van der Waals surface area contributed by atoms with E-state index in [1.807, 2.05) is 29.9 Å². The lowest BCUT2D eigenvalue weighted by Crippen LogP contribution is -2.06. The van der Waals surface area contributed by atoms with Crippen LogP contribution in [0.5, 0.6) is 5.75 Å². The van der Waals surface area contributed by atoms with E-state index in [-0.39, 0.29) is 0 Å². The summed E-state index contributed by atoms with van der Waals surface area (Å²) in [6.45, 7) is 0. The van der Waals surface area contributed by atoms with Crippen molar-refractivity contribution >= 4 is 5.69 Å². The van der Waals surface area contributed by atoms with Crippen LogP contribution in [-0.4, -0.2) is 21.9 Å². The Morgan fingerprint density at radius 3 is 2.67 bits per heavy atom. The minimum absolute atomic E-state index is 0.509. The fraction of sp³-hybridized carbons (Fsp3) is 0.500. The normalized spacial score (nSPS) is 16.1. The molecule has 5 nitrogen and oxygen atoms in total. The lowest BCUT2D eigenvalue weighted by molar-refractivity contribution is 0.417. The summed E-state index contributed by atoms with van der Waals surface area (Å²) >= 11 is 0. The highest BCUT2D eigenvalue weighted by atomic mass is 16.5. The zero-order chi connectivity index (χ0) is 14.8. The Labute approximate surface area is 125 Å². The average Bonchev–Trinajstić information content (AvgIpc) is 2.90. The van der Waals surface area contributed by atoms with Gasteiger partial charge in [-0.05, 0) is 31.0 Å². The number of anilines is 1. The van der Waals surface area contributed by atoms with E-state index in [9.17, 15) is 0 Å². The molecule has 0 atom stereocenters. The van der Waals surface area contributed by atoms with Gasteiger partial charge in [-0.3, -0.25) is 0 Å². The lowest BCUT2D eigenvalue weighted by Gasteiger charge is -2.18. The molecule has 112 valence electrons. The van der Waals surface area contributed by atoms with Gasteiger partial charge in [-0.25, -0.2) is 9.67 Å². The Bertz CT molecular complexity index is 629. The second-order valence-electron chi connectivity index (χ2n) is 5.71. The molecular formula is C16H22N4O. The number of nitrogens with zero attached hydrogens (tertiary/aromatic N) is 3. The zero-order valence-electron chi connectivity index (χ0n) is 12.7. The molecule has 1 saturated carbocycles. The van der Waals surface area contributed by atoms with Gasteiger partial charge in [0.1, 0.15) is 5.75 Å². The maximum Gasteiger partial charge on any atom is 0.158 e. The van der Waals surface area contributed by atoms with Gasteiger partial charge < -0.3 is 10.5 Å². The second-order valence-corrected chi connectivity index (χ2v) is 5.71. The number of aromatic nitrogens is 3. The fourth-order valence-electron chi connectivity index (χ4n) is 3.06. The van der Waals surface area contributed by atoms with Crippen molar-refractivity contribution in [2.45, 2.75) is 38.0 Å². The van der Waals surface area contributed by atoms with Crippen molar-refractivity contribution in [2.75, 3.05) is 12.8 Å². The molecule has 0 amide bonds. The molecule has 1 fully saturated rings. The fourth-order valence-corrected chi connectivity index (χ4v) is 3.06. The van der Waals surface area contributed by atoms with E-state index >= 15 is 0 Å². The molecule has 1 aliphatic carbocycles. The molecule has 1 aliphatic rings.